The van der Waals surface area contributed by atoms with E-state index in [2.05, 4.69) is 15.4 Å². The molecule has 8 rings (SSSR count). The van der Waals surface area contributed by atoms with Gasteiger partial charge in [-0.3, -0.25) is 23.9 Å². The Morgan fingerprint density at radius 1 is 1.00 bits per heavy atom. The summed E-state index contributed by atoms with van der Waals surface area (Å²) in [6, 6.07) is 2.84. The Hall–Kier alpha value is -3.60. The first-order chi connectivity index (χ1) is 25.5. The topological polar surface area (TPSA) is 173 Å². The second-order valence-corrected chi connectivity index (χ2v) is 17.9. The van der Waals surface area contributed by atoms with Crippen LogP contribution in [-0.4, -0.2) is 90.6 Å². The van der Waals surface area contributed by atoms with Gasteiger partial charge in [0.25, 0.3) is 5.91 Å². The number of nitrogens with zero attached hydrogens (tertiary/aromatic N) is 2. The second-order valence-electron chi connectivity index (χ2n) is 15.9. The lowest BCUT2D eigenvalue weighted by atomic mass is 10.0. The molecule has 1 aromatic rings. The van der Waals surface area contributed by atoms with Gasteiger partial charge in [0.05, 0.1) is 24.4 Å². The van der Waals surface area contributed by atoms with Crippen molar-refractivity contribution in [2.24, 2.45) is 17.8 Å². The molecule has 4 aliphatic carbocycles. The van der Waals surface area contributed by atoms with Crippen molar-refractivity contribution in [1.29, 1.82) is 0 Å². The molecule has 0 radical (unpaired) electrons. The highest BCUT2D eigenvalue weighted by Gasteiger charge is 2.62. The number of fused-ring (bicyclic) bond motifs is 4. The Morgan fingerprint density at radius 3 is 2.58 bits per heavy atom. The van der Waals surface area contributed by atoms with Gasteiger partial charge in [-0.15, -0.1) is 0 Å². The SMILES string of the molecule is O=C(N[C@H]1CCCCC/C=C\[C@@H]2C[C@@]2(C(=O)NS(=O)(=O)C2CC2)NC(=O)[C@@H]2C[C@@H](OCON3Cc4cccc(F)c4C3)CN2C1=O)O[C@@H]1C[C@@H]2C[C@@H]2C1. The number of rotatable bonds is 9. The number of hydrogen-bond acceptors (Lipinski definition) is 10. The summed E-state index contributed by atoms with van der Waals surface area (Å²) in [4.78, 5) is 62.5. The number of carbonyl (C=O) groups is 4. The third kappa shape index (κ3) is 7.96. The van der Waals surface area contributed by atoms with Crippen LogP contribution in [0.3, 0.4) is 0 Å². The van der Waals surface area contributed by atoms with Crippen LogP contribution in [0.4, 0.5) is 9.18 Å². The number of hydroxylamine groups is 2. The summed E-state index contributed by atoms with van der Waals surface area (Å²) in [5.74, 6) is -1.38. The number of sulfonamides is 1. The monoisotopic (exact) mass is 757 g/mol. The van der Waals surface area contributed by atoms with Crippen LogP contribution in [-0.2, 0) is 51.8 Å². The van der Waals surface area contributed by atoms with Crippen molar-refractivity contribution in [3.05, 3.63) is 47.3 Å². The zero-order chi connectivity index (χ0) is 36.9. The summed E-state index contributed by atoms with van der Waals surface area (Å²) < 4.78 is 53.8. The number of allylic oxidation sites excluding steroid dienone is 1. The van der Waals surface area contributed by atoms with E-state index in [9.17, 15) is 32.0 Å². The van der Waals surface area contributed by atoms with Crippen LogP contribution in [0.15, 0.2) is 30.4 Å². The third-order valence-electron chi connectivity index (χ3n) is 12.0. The quantitative estimate of drug-likeness (QED) is 0.251. The molecule has 1 saturated heterocycles. The van der Waals surface area contributed by atoms with Crippen LogP contribution in [0.25, 0.3) is 0 Å². The summed E-state index contributed by atoms with van der Waals surface area (Å²) >= 11 is 0. The van der Waals surface area contributed by atoms with Crippen LogP contribution in [0, 0.1) is 23.6 Å². The number of alkyl carbamates (subject to hydrolysis) is 1. The minimum absolute atomic E-state index is 0.00688. The van der Waals surface area contributed by atoms with Crippen molar-refractivity contribution in [1.82, 2.24) is 25.3 Å². The molecular formula is C37H48FN5O9S. The first kappa shape index (κ1) is 36.4. The Morgan fingerprint density at radius 2 is 1.81 bits per heavy atom. The fraction of sp³-hybridized carbons (Fsp3) is 0.676. The van der Waals surface area contributed by atoms with Crippen molar-refractivity contribution < 1.29 is 46.3 Å². The van der Waals surface area contributed by atoms with Crippen LogP contribution < -0.4 is 15.4 Å². The molecule has 3 heterocycles. The second kappa shape index (κ2) is 14.6. The molecule has 5 fully saturated rings. The minimum Gasteiger partial charge on any atom is -0.446 e. The first-order valence-corrected chi connectivity index (χ1v) is 20.6. The van der Waals surface area contributed by atoms with Gasteiger partial charge in [0.1, 0.15) is 29.5 Å². The molecule has 14 nitrogen and oxygen atoms in total. The van der Waals surface area contributed by atoms with Gasteiger partial charge in [-0.2, -0.15) is 5.06 Å². The van der Waals surface area contributed by atoms with E-state index in [-0.39, 0.29) is 44.6 Å². The molecule has 8 atom stereocenters. The fourth-order valence-corrected chi connectivity index (χ4v) is 9.97. The maximum atomic E-state index is 14.4. The van der Waals surface area contributed by atoms with E-state index < -0.39 is 68.7 Å². The van der Waals surface area contributed by atoms with Gasteiger partial charge in [0, 0.05) is 24.4 Å². The molecule has 4 saturated carbocycles. The average molecular weight is 758 g/mol. The van der Waals surface area contributed by atoms with Gasteiger partial charge in [-0.1, -0.05) is 37.1 Å². The van der Waals surface area contributed by atoms with Gasteiger partial charge in [0.2, 0.25) is 21.8 Å². The lowest BCUT2D eigenvalue weighted by Crippen LogP contribution is -2.58. The summed E-state index contributed by atoms with van der Waals surface area (Å²) in [7, 11) is -3.88. The summed E-state index contributed by atoms with van der Waals surface area (Å²) in [5.41, 5.74) is -0.118. The van der Waals surface area contributed by atoms with Crippen LogP contribution in [0.1, 0.15) is 88.2 Å². The molecule has 0 spiro atoms. The van der Waals surface area contributed by atoms with Gasteiger partial charge in [-0.05, 0) is 81.3 Å². The van der Waals surface area contributed by atoms with Crippen LogP contribution in [0.5, 0.6) is 0 Å². The third-order valence-corrected chi connectivity index (χ3v) is 13.9. The molecule has 7 aliphatic rings. The molecule has 3 N–H and O–H groups in total. The molecule has 0 bridgehead atoms. The normalized spacial score (nSPS) is 34.7. The average Bonchev–Trinajstić information content (AvgIpc) is 4.07. The first-order valence-electron chi connectivity index (χ1n) is 19.1. The van der Waals surface area contributed by atoms with E-state index in [0.717, 1.165) is 31.2 Å². The zero-order valence-electron chi connectivity index (χ0n) is 29.7. The molecule has 3 aliphatic heterocycles. The van der Waals surface area contributed by atoms with Gasteiger partial charge < -0.3 is 25.0 Å². The highest BCUT2D eigenvalue weighted by molar-refractivity contribution is 7.91. The number of halogens is 1. The predicted molar refractivity (Wildman–Crippen MR) is 186 cm³/mol. The standard InChI is InChI=1S/C37H48FN5O9S/c38-30-9-6-7-22-18-42(20-29(22)30)51-21-50-27-16-32-33(44)40-37(35(46)41-53(48,49)28-11-12-28)17-25(37)8-4-2-1-3-5-10-31(34(45)43(32)19-27)39-36(47)52-26-14-23-13-24(23)15-26/h4,6-9,23-28,31-32H,1-3,5,10-21H2,(H,39,47)(H,40,44)(H,41,46)/b8-4-/t23-,24+,25-,26+,27-,31+,32+,37-/m1/s1. The number of amides is 4. The minimum atomic E-state index is -3.88. The molecule has 53 heavy (non-hydrogen) atoms. The highest BCUT2D eigenvalue weighted by Crippen LogP contribution is 2.52. The smallest absolute Gasteiger partial charge is 0.408 e. The molecule has 4 amide bonds. The zero-order valence-corrected chi connectivity index (χ0v) is 30.5. The van der Waals surface area contributed by atoms with E-state index in [1.807, 2.05) is 18.2 Å². The Balaban J connectivity index is 0.985. The van der Waals surface area contributed by atoms with E-state index >= 15 is 0 Å². The number of carbonyl (C=O) groups excluding carboxylic acids is 4. The van der Waals surface area contributed by atoms with Gasteiger partial charge in [-0.25, -0.2) is 17.6 Å². The van der Waals surface area contributed by atoms with Crippen molar-refractivity contribution in [2.45, 2.75) is 125 Å². The molecule has 288 valence electrons. The van der Waals surface area contributed by atoms with Crippen LogP contribution in [0.2, 0.25) is 0 Å². The van der Waals surface area contributed by atoms with E-state index in [1.54, 1.807) is 11.1 Å². The van der Waals surface area contributed by atoms with Gasteiger partial charge in [0.15, 0.2) is 6.79 Å². The predicted octanol–water partition coefficient (Wildman–Crippen LogP) is 2.91. The van der Waals surface area contributed by atoms with Gasteiger partial charge >= 0.3 is 6.09 Å². The van der Waals surface area contributed by atoms with Crippen molar-refractivity contribution >= 4 is 33.8 Å². The van der Waals surface area contributed by atoms with Crippen molar-refractivity contribution in [3.63, 3.8) is 0 Å². The Bertz CT molecular complexity index is 1760. The largest absolute Gasteiger partial charge is 0.446 e. The number of hydrogen-bond donors (Lipinski definition) is 3. The number of nitrogens with one attached hydrogen (secondary N) is 3. The molecule has 0 unspecified atom stereocenters. The summed E-state index contributed by atoms with van der Waals surface area (Å²) in [5, 5.41) is 6.62. The lowest BCUT2D eigenvalue weighted by molar-refractivity contribution is -0.239. The number of benzene rings is 1. The molecule has 0 aromatic heterocycles. The summed E-state index contributed by atoms with van der Waals surface area (Å²) in [6.45, 7) is 0.408. The van der Waals surface area contributed by atoms with E-state index in [4.69, 9.17) is 14.3 Å². The Kier molecular flexibility index (Phi) is 10.00. The maximum Gasteiger partial charge on any atom is 0.408 e. The van der Waals surface area contributed by atoms with E-state index in [1.165, 1.54) is 17.4 Å². The van der Waals surface area contributed by atoms with Crippen LogP contribution >= 0.6 is 0 Å². The molecular weight excluding hydrogens is 709 g/mol. The Labute approximate surface area is 308 Å². The number of ether oxygens (including phenoxy) is 2. The fourth-order valence-electron chi connectivity index (χ4n) is 8.61. The maximum absolute atomic E-state index is 14.4. The molecule has 16 heteroatoms. The summed E-state index contributed by atoms with van der Waals surface area (Å²) in [6.07, 6.45) is 9.66. The van der Waals surface area contributed by atoms with Crippen molar-refractivity contribution in [3.8, 4) is 0 Å². The molecule has 1 aromatic carbocycles. The highest BCUT2D eigenvalue weighted by atomic mass is 32.2. The van der Waals surface area contributed by atoms with Crippen molar-refractivity contribution in [2.75, 3.05) is 13.3 Å². The van der Waals surface area contributed by atoms with E-state index in [0.29, 0.717) is 56.0 Å². The lowest BCUT2D eigenvalue weighted by Gasteiger charge is -2.30.